The van der Waals surface area contributed by atoms with Gasteiger partial charge < -0.3 is 24.4 Å². The molecule has 220 valence electrons. The summed E-state index contributed by atoms with van der Waals surface area (Å²) in [5.41, 5.74) is 2.12. The van der Waals surface area contributed by atoms with Crippen LogP contribution in [0.5, 0.6) is 11.5 Å². The van der Waals surface area contributed by atoms with Crippen molar-refractivity contribution < 1.29 is 36.6 Å². The van der Waals surface area contributed by atoms with E-state index in [2.05, 4.69) is 5.32 Å². The third-order valence-electron chi connectivity index (χ3n) is 6.85. The van der Waals surface area contributed by atoms with Gasteiger partial charge in [0.1, 0.15) is 11.7 Å². The SMILES string of the molecule is COC(=O)c1ccc2c(c1)NC(=O)C2C(=Nc1ccc(N(CCN(C)C)S(C)(=O)=O)c(F)c1)c1ccc2c(c1)OCO2. The molecule has 2 heterocycles. The first-order chi connectivity index (χ1) is 20.0. The van der Waals surface area contributed by atoms with Crippen LogP contribution < -0.4 is 19.1 Å². The molecule has 0 spiro atoms. The number of methoxy groups -OCH3 is 1. The fourth-order valence-corrected chi connectivity index (χ4v) is 5.71. The zero-order valence-electron chi connectivity index (χ0n) is 23.4. The molecule has 0 aromatic heterocycles. The van der Waals surface area contributed by atoms with Crippen LogP contribution in [0.25, 0.3) is 0 Å². The van der Waals surface area contributed by atoms with Crippen molar-refractivity contribution in [2.24, 2.45) is 4.99 Å². The second-order valence-corrected chi connectivity index (χ2v) is 12.0. The summed E-state index contributed by atoms with van der Waals surface area (Å²) in [7, 11) is 1.08. The Bertz CT molecular complexity index is 1710. The highest BCUT2D eigenvalue weighted by atomic mass is 32.2. The van der Waals surface area contributed by atoms with Crippen molar-refractivity contribution in [2.45, 2.75) is 5.92 Å². The number of hydrogen-bond acceptors (Lipinski definition) is 9. The van der Waals surface area contributed by atoms with Crippen molar-refractivity contribution in [3.63, 3.8) is 0 Å². The van der Waals surface area contributed by atoms with Gasteiger partial charge in [0.2, 0.25) is 22.7 Å². The van der Waals surface area contributed by atoms with Gasteiger partial charge in [-0.15, -0.1) is 0 Å². The number of carbonyl (C=O) groups excluding carboxylic acids is 2. The average molecular weight is 597 g/mol. The molecule has 1 unspecified atom stereocenters. The third kappa shape index (κ3) is 5.78. The Hall–Kier alpha value is -4.49. The van der Waals surface area contributed by atoms with Crippen LogP contribution in [0.2, 0.25) is 0 Å². The molecule has 2 aliphatic heterocycles. The molecule has 42 heavy (non-hydrogen) atoms. The lowest BCUT2D eigenvalue weighted by Gasteiger charge is -2.24. The van der Waals surface area contributed by atoms with E-state index in [1.807, 2.05) is 0 Å². The summed E-state index contributed by atoms with van der Waals surface area (Å²) in [5.74, 6) is -1.65. The van der Waals surface area contributed by atoms with Gasteiger partial charge in [-0.3, -0.25) is 14.1 Å². The third-order valence-corrected chi connectivity index (χ3v) is 8.03. The number of hydrogen-bond donors (Lipinski definition) is 1. The molecule has 2 aliphatic rings. The van der Waals surface area contributed by atoms with E-state index in [4.69, 9.17) is 19.2 Å². The number of nitrogens with zero attached hydrogens (tertiary/aromatic N) is 3. The topological polar surface area (TPSA) is 127 Å². The molecule has 0 fully saturated rings. The quantitative estimate of drug-likeness (QED) is 0.294. The number of halogens is 1. The number of sulfonamides is 1. The van der Waals surface area contributed by atoms with Gasteiger partial charge in [0.15, 0.2) is 11.5 Å². The molecular formula is C29H29FN4O7S. The highest BCUT2D eigenvalue weighted by Crippen LogP contribution is 2.40. The van der Waals surface area contributed by atoms with E-state index in [0.29, 0.717) is 34.9 Å². The molecule has 3 aromatic rings. The minimum Gasteiger partial charge on any atom is -0.465 e. The summed E-state index contributed by atoms with van der Waals surface area (Å²) < 4.78 is 57.2. The highest BCUT2D eigenvalue weighted by molar-refractivity contribution is 7.92. The van der Waals surface area contributed by atoms with Crippen molar-refractivity contribution in [1.29, 1.82) is 0 Å². The van der Waals surface area contributed by atoms with Crippen LogP contribution in [0.4, 0.5) is 21.5 Å². The maximum Gasteiger partial charge on any atom is 0.337 e. The summed E-state index contributed by atoms with van der Waals surface area (Å²) in [4.78, 5) is 31.9. The fourth-order valence-electron chi connectivity index (χ4n) is 4.79. The van der Waals surface area contributed by atoms with Crippen LogP contribution in [0.3, 0.4) is 0 Å². The minimum absolute atomic E-state index is 0.0473. The minimum atomic E-state index is -3.77. The number of likely N-dealkylation sites (N-methyl/N-ethyl adjacent to an activating group) is 1. The van der Waals surface area contributed by atoms with E-state index in [0.717, 1.165) is 16.6 Å². The van der Waals surface area contributed by atoms with E-state index in [1.165, 1.54) is 25.3 Å². The van der Waals surface area contributed by atoms with Gasteiger partial charge in [0.05, 0.1) is 36.0 Å². The second-order valence-electron chi connectivity index (χ2n) is 10.1. The van der Waals surface area contributed by atoms with Gasteiger partial charge in [-0.1, -0.05) is 6.07 Å². The summed E-state index contributed by atoms with van der Waals surface area (Å²) in [6, 6.07) is 13.8. The molecule has 1 atom stereocenters. The molecular weight excluding hydrogens is 567 g/mol. The average Bonchev–Trinajstić information content (AvgIpc) is 3.54. The van der Waals surface area contributed by atoms with Crippen LogP contribution in [0, 0.1) is 5.82 Å². The number of esters is 1. The van der Waals surface area contributed by atoms with Gasteiger partial charge in [-0.05, 0) is 62.1 Å². The molecule has 0 saturated heterocycles. The Morgan fingerprint density at radius 2 is 1.79 bits per heavy atom. The number of aliphatic imine (C=N–C) groups is 1. The molecule has 1 amide bonds. The number of amides is 1. The Morgan fingerprint density at radius 1 is 1.05 bits per heavy atom. The Morgan fingerprint density at radius 3 is 2.48 bits per heavy atom. The van der Waals surface area contributed by atoms with Crippen LogP contribution in [-0.4, -0.2) is 78.2 Å². The Labute approximate surface area is 242 Å². The van der Waals surface area contributed by atoms with Gasteiger partial charge in [-0.25, -0.2) is 17.6 Å². The molecule has 3 aromatic carbocycles. The van der Waals surface area contributed by atoms with Crippen molar-refractivity contribution in [2.75, 3.05) is 57.0 Å². The zero-order valence-corrected chi connectivity index (χ0v) is 24.2. The number of anilines is 2. The number of ether oxygens (including phenoxy) is 3. The second kappa shape index (κ2) is 11.4. The van der Waals surface area contributed by atoms with Crippen molar-refractivity contribution in [1.82, 2.24) is 4.90 Å². The zero-order chi connectivity index (χ0) is 30.2. The van der Waals surface area contributed by atoms with Gasteiger partial charge in [0, 0.05) is 30.4 Å². The van der Waals surface area contributed by atoms with Gasteiger partial charge >= 0.3 is 5.97 Å². The summed E-state index contributed by atoms with van der Waals surface area (Å²) >= 11 is 0. The molecule has 0 saturated carbocycles. The first kappa shape index (κ1) is 29.0. The van der Waals surface area contributed by atoms with E-state index in [-0.39, 0.29) is 36.0 Å². The molecule has 13 heteroatoms. The normalized spacial score (nSPS) is 15.9. The highest BCUT2D eigenvalue weighted by Gasteiger charge is 2.36. The monoisotopic (exact) mass is 596 g/mol. The molecule has 0 radical (unpaired) electrons. The lowest BCUT2D eigenvalue weighted by atomic mass is 9.90. The number of rotatable bonds is 9. The van der Waals surface area contributed by atoms with Gasteiger partial charge in [0.25, 0.3) is 0 Å². The van der Waals surface area contributed by atoms with Crippen LogP contribution in [-0.2, 0) is 19.6 Å². The van der Waals surface area contributed by atoms with E-state index < -0.39 is 33.6 Å². The number of fused-ring (bicyclic) bond motifs is 2. The fraction of sp³-hybridized carbons (Fsp3) is 0.276. The van der Waals surface area contributed by atoms with E-state index in [1.54, 1.807) is 49.3 Å². The predicted octanol–water partition coefficient (Wildman–Crippen LogP) is 3.53. The first-order valence-corrected chi connectivity index (χ1v) is 14.7. The maximum absolute atomic E-state index is 15.5. The number of nitrogens with one attached hydrogen (secondary N) is 1. The van der Waals surface area contributed by atoms with Gasteiger partial charge in [-0.2, -0.15) is 0 Å². The number of carbonyl (C=O) groups is 2. The van der Waals surface area contributed by atoms with E-state index >= 15 is 4.39 Å². The molecule has 5 rings (SSSR count). The van der Waals surface area contributed by atoms with Crippen LogP contribution in [0.1, 0.15) is 27.4 Å². The largest absolute Gasteiger partial charge is 0.465 e. The summed E-state index contributed by atoms with van der Waals surface area (Å²) in [5, 5.41) is 2.80. The molecule has 0 bridgehead atoms. The summed E-state index contributed by atoms with van der Waals surface area (Å²) in [6.07, 6.45) is 1.02. The lowest BCUT2D eigenvalue weighted by molar-refractivity contribution is -0.115. The van der Waals surface area contributed by atoms with Crippen LogP contribution in [0.15, 0.2) is 59.6 Å². The molecule has 11 nitrogen and oxygen atoms in total. The Balaban J connectivity index is 1.60. The number of benzene rings is 3. The van der Waals surface area contributed by atoms with Crippen molar-refractivity contribution in [3.05, 3.63) is 77.1 Å². The van der Waals surface area contributed by atoms with E-state index in [9.17, 15) is 18.0 Å². The molecule has 1 N–H and O–H groups in total. The summed E-state index contributed by atoms with van der Waals surface area (Å²) in [6.45, 7) is 0.487. The smallest absolute Gasteiger partial charge is 0.337 e. The molecule has 0 aliphatic carbocycles. The van der Waals surface area contributed by atoms with Crippen molar-refractivity contribution >= 4 is 44.7 Å². The van der Waals surface area contributed by atoms with Crippen LogP contribution >= 0.6 is 0 Å². The van der Waals surface area contributed by atoms with Crippen molar-refractivity contribution in [3.8, 4) is 11.5 Å². The standard InChI is InChI=1S/C29H29FN4O7S/c1-33(2)11-12-34(42(4,37)38)23-9-7-19(15-21(23)30)31-27(17-6-10-24-25(14-17)41-16-40-24)26-20-8-5-18(29(36)39-3)13-22(20)32-28(26)35/h5-10,13-15,26H,11-12,16H2,1-4H3,(H,32,35). The first-order valence-electron chi connectivity index (χ1n) is 12.9. The lowest BCUT2D eigenvalue weighted by Crippen LogP contribution is -2.36. The maximum atomic E-state index is 15.5. The Kier molecular flexibility index (Phi) is 7.89. The predicted molar refractivity (Wildman–Crippen MR) is 155 cm³/mol.